The molecule has 1 heterocycles. The van der Waals surface area contributed by atoms with Gasteiger partial charge in [0.05, 0.1) is 6.10 Å². The van der Waals surface area contributed by atoms with Crippen LogP contribution in [0.15, 0.2) is 18.2 Å². The molecule has 0 aliphatic heterocycles. The van der Waals surface area contributed by atoms with Crippen molar-refractivity contribution in [3.63, 3.8) is 0 Å². The fourth-order valence-electron chi connectivity index (χ4n) is 3.49. The summed E-state index contributed by atoms with van der Waals surface area (Å²) in [5.41, 5.74) is -0.748. The molecule has 0 aromatic carbocycles. The molecule has 6 heteroatoms. The van der Waals surface area contributed by atoms with Gasteiger partial charge in [-0.3, -0.25) is 0 Å². The van der Waals surface area contributed by atoms with E-state index in [1.807, 2.05) is 6.92 Å². The number of nitrogens with zero attached hydrogens (tertiary/aromatic N) is 1. The van der Waals surface area contributed by atoms with Gasteiger partial charge in [0.1, 0.15) is 11.5 Å². The van der Waals surface area contributed by atoms with Gasteiger partial charge in [-0.05, 0) is 38.3 Å². The van der Waals surface area contributed by atoms with Crippen LogP contribution in [0.25, 0.3) is 0 Å². The standard InChI is InChI=1S/C15H19F3N2O/c1-2-21-12-9-11(14(12)7-4-8-14)20-13-6-3-5-10(19-13)15(16,17)18/h3,5-6,11-12H,2,4,7-9H2,1H3,(H,19,20). The monoisotopic (exact) mass is 300 g/mol. The molecule has 0 radical (unpaired) electrons. The minimum absolute atomic E-state index is 0.103. The number of halogens is 3. The van der Waals surface area contributed by atoms with Gasteiger partial charge in [-0.15, -0.1) is 0 Å². The molecular formula is C15H19F3N2O. The van der Waals surface area contributed by atoms with Crippen molar-refractivity contribution >= 4 is 5.82 Å². The molecule has 116 valence electrons. The third kappa shape index (κ3) is 2.50. The summed E-state index contributed by atoms with van der Waals surface area (Å²) in [4.78, 5) is 3.68. The summed E-state index contributed by atoms with van der Waals surface area (Å²) in [5, 5.41) is 3.18. The number of anilines is 1. The zero-order valence-corrected chi connectivity index (χ0v) is 11.9. The van der Waals surface area contributed by atoms with Gasteiger partial charge in [-0.1, -0.05) is 12.5 Å². The molecule has 2 unspecified atom stereocenters. The molecule has 0 amide bonds. The van der Waals surface area contributed by atoms with E-state index in [0.717, 1.165) is 31.7 Å². The number of alkyl halides is 3. The quantitative estimate of drug-likeness (QED) is 0.917. The van der Waals surface area contributed by atoms with Crippen molar-refractivity contribution in [1.82, 2.24) is 4.98 Å². The van der Waals surface area contributed by atoms with E-state index in [9.17, 15) is 13.2 Å². The second-order valence-electron chi connectivity index (χ2n) is 5.87. The second-order valence-corrected chi connectivity index (χ2v) is 5.87. The van der Waals surface area contributed by atoms with Crippen LogP contribution in [0.5, 0.6) is 0 Å². The summed E-state index contributed by atoms with van der Waals surface area (Å²) in [7, 11) is 0. The summed E-state index contributed by atoms with van der Waals surface area (Å²) in [6.07, 6.45) is -0.00890. The lowest BCUT2D eigenvalue weighted by atomic mass is 9.51. The number of ether oxygens (including phenoxy) is 1. The van der Waals surface area contributed by atoms with Crippen LogP contribution in [0.1, 0.15) is 38.3 Å². The number of aromatic nitrogens is 1. The maximum Gasteiger partial charge on any atom is 0.433 e. The van der Waals surface area contributed by atoms with Crippen molar-refractivity contribution in [2.75, 3.05) is 11.9 Å². The molecular weight excluding hydrogens is 281 g/mol. The van der Waals surface area contributed by atoms with Crippen molar-refractivity contribution in [3.05, 3.63) is 23.9 Å². The van der Waals surface area contributed by atoms with E-state index in [0.29, 0.717) is 12.4 Å². The number of pyridine rings is 1. The van der Waals surface area contributed by atoms with Gasteiger partial charge in [0, 0.05) is 18.1 Å². The highest BCUT2D eigenvalue weighted by atomic mass is 19.4. The predicted octanol–water partition coefficient (Wildman–Crippen LogP) is 3.86. The summed E-state index contributed by atoms with van der Waals surface area (Å²) in [5.74, 6) is 0.302. The van der Waals surface area contributed by atoms with Crippen LogP contribution >= 0.6 is 0 Å². The topological polar surface area (TPSA) is 34.1 Å². The Kier molecular flexibility index (Phi) is 3.59. The Hall–Kier alpha value is -1.30. The van der Waals surface area contributed by atoms with Crippen LogP contribution in [-0.4, -0.2) is 23.7 Å². The van der Waals surface area contributed by atoms with Crippen LogP contribution in [0.2, 0.25) is 0 Å². The molecule has 21 heavy (non-hydrogen) atoms. The third-order valence-electron chi connectivity index (χ3n) is 4.80. The average Bonchev–Trinajstić information content (AvgIpc) is 2.35. The molecule has 1 spiro atoms. The molecule has 3 rings (SSSR count). The molecule has 2 saturated carbocycles. The highest BCUT2D eigenvalue weighted by Gasteiger charge is 2.59. The van der Waals surface area contributed by atoms with Gasteiger partial charge >= 0.3 is 6.18 Å². The predicted molar refractivity (Wildman–Crippen MR) is 73.0 cm³/mol. The highest BCUT2D eigenvalue weighted by molar-refractivity contribution is 5.40. The largest absolute Gasteiger partial charge is 0.433 e. The Morgan fingerprint density at radius 2 is 2.14 bits per heavy atom. The van der Waals surface area contributed by atoms with Gasteiger partial charge in [0.2, 0.25) is 0 Å². The molecule has 0 bridgehead atoms. The minimum atomic E-state index is -4.40. The maximum absolute atomic E-state index is 12.7. The summed E-state index contributed by atoms with van der Waals surface area (Å²) in [6, 6.07) is 4.15. The first-order valence-corrected chi connectivity index (χ1v) is 7.38. The van der Waals surface area contributed by atoms with E-state index < -0.39 is 11.9 Å². The zero-order chi connectivity index (χ0) is 15.1. The van der Waals surface area contributed by atoms with Gasteiger partial charge in [0.25, 0.3) is 0 Å². The lowest BCUT2D eigenvalue weighted by molar-refractivity contribution is -0.157. The normalized spacial score (nSPS) is 27.0. The van der Waals surface area contributed by atoms with E-state index in [4.69, 9.17) is 4.74 Å². The van der Waals surface area contributed by atoms with Crippen molar-refractivity contribution in [1.29, 1.82) is 0 Å². The molecule has 1 aromatic heterocycles. The number of hydrogen-bond donors (Lipinski definition) is 1. The highest BCUT2D eigenvalue weighted by Crippen LogP contribution is 2.58. The minimum Gasteiger partial charge on any atom is -0.378 e. The van der Waals surface area contributed by atoms with E-state index in [2.05, 4.69) is 10.3 Å². The SMILES string of the molecule is CCOC1CC(Nc2cccc(C(F)(F)F)n2)C12CCC2. The van der Waals surface area contributed by atoms with Crippen LogP contribution in [0, 0.1) is 5.41 Å². The second kappa shape index (κ2) is 5.16. The van der Waals surface area contributed by atoms with E-state index >= 15 is 0 Å². The molecule has 0 saturated heterocycles. The lowest BCUT2D eigenvalue weighted by Gasteiger charge is -2.61. The molecule has 3 nitrogen and oxygen atoms in total. The fourth-order valence-corrected chi connectivity index (χ4v) is 3.49. The Balaban J connectivity index is 1.70. The maximum atomic E-state index is 12.7. The van der Waals surface area contributed by atoms with Crippen molar-refractivity contribution in [3.8, 4) is 0 Å². The Bertz CT molecular complexity index is 514. The van der Waals surface area contributed by atoms with Gasteiger partial charge < -0.3 is 10.1 Å². The average molecular weight is 300 g/mol. The Morgan fingerprint density at radius 1 is 1.38 bits per heavy atom. The van der Waals surface area contributed by atoms with Crippen molar-refractivity contribution in [2.24, 2.45) is 5.41 Å². The first kappa shape index (κ1) is 14.6. The Morgan fingerprint density at radius 3 is 2.71 bits per heavy atom. The number of rotatable bonds is 4. The number of nitrogens with one attached hydrogen (secondary N) is 1. The van der Waals surface area contributed by atoms with Gasteiger partial charge in [-0.2, -0.15) is 13.2 Å². The molecule has 2 fully saturated rings. The summed E-state index contributed by atoms with van der Waals surface area (Å²) >= 11 is 0. The van der Waals surface area contributed by atoms with Crippen LogP contribution in [0.3, 0.4) is 0 Å². The Labute approximate surface area is 121 Å². The molecule has 2 aliphatic rings. The first-order chi connectivity index (χ1) is 9.95. The first-order valence-electron chi connectivity index (χ1n) is 7.38. The van der Waals surface area contributed by atoms with Gasteiger partial charge in [0.15, 0.2) is 0 Å². The van der Waals surface area contributed by atoms with E-state index in [-0.39, 0.29) is 17.6 Å². The fraction of sp³-hybridized carbons (Fsp3) is 0.667. The summed E-state index contributed by atoms with van der Waals surface area (Å²) < 4.78 is 43.8. The number of hydrogen-bond acceptors (Lipinski definition) is 3. The van der Waals surface area contributed by atoms with Crippen LogP contribution in [-0.2, 0) is 10.9 Å². The molecule has 2 aliphatic carbocycles. The smallest absolute Gasteiger partial charge is 0.378 e. The van der Waals surface area contributed by atoms with E-state index in [1.165, 1.54) is 6.07 Å². The van der Waals surface area contributed by atoms with Gasteiger partial charge in [-0.25, -0.2) is 4.98 Å². The third-order valence-corrected chi connectivity index (χ3v) is 4.80. The molecule has 1 N–H and O–H groups in total. The van der Waals surface area contributed by atoms with E-state index in [1.54, 1.807) is 6.07 Å². The van der Waals surface area contributed by atoms with Crippen LogP contribution < -0.4 is 5.32 Å². The van der Waals surface area contributed by atoms with Crippen molar-refractivity contribution in [2.45, 2.75) is 50.9 Å². The van der Waals surface area contributed by atoms with Crippen LogP contribution in [0.4, 0.5) is 19.0 Å². The lowest BCUT2D eigenvalue weighted by Crippen LogP contribution is -2.64. The summed E-state index contributed by atoms with van der Waals surface area (Å²) in [6.45, 7) is 2.66. The van der Waals surface area contributed by atoms with Crippen molar-refractivity contribution < 1.29 is 17.9 Å². The molecule has 1 aromatic rings. The zero-order valence-electron chi connectivity index (χ0n) is 11.9. The molecule has 2 atom stereocenters.